The number of hydrogen-bond donors (Lipinski definition) is 2. The Morgan fingerprint density at radius 1 is 1.33 bits per heavy atom. The van der Waals surface area contributed by atoms with Crippen molar-refractivity contribution in [2.45, 2.75) is 12.6 Å². The van der Waals surface area contributed by atoms with Crippen LogP contribution in [0.25, 0.3) is 0 Å². The highest BCUT2D eigenvalue weighted by molar-refractivity contribution is 6.31. The molecule has 0 unspecified atom stereocenters. The van der Waals surface area contributed by atoms with Gasteiger partial charge in [0.25, 0.3) is 0 Å². The minimum absolute atomic E-state index is 0.199. The molecule has 1 aromatic carbocycles. The van der Waals surface area contributed by atoms with E-state index in [1.54, 1.807) is 12.1 Å². The predicted octanol–water partition coefficient (Wildman–Crippen LogP) is 3.29. The smallest absolute Gasteiger partial charge is 0.390 e. The summed E-state index contributed by atoms with van der Waals surface area (Å²) in [4.78, 5) is 0. The van der Waals surface area contributed by atoms with E-state index in [0.29, 0.717) is 16.4 Å². The molecule has 2 nitrogen and oxygen atoms in total. The summed E-state index contributed by atoms with van der Waals surface area (Å²) >= 11 is 5.64. The largest absolute Gasteiger partial charge is 0.397 e. The summed E-state index contributed by atoms with van der Waals surface area (Å²) in [5.74, 6) is 0. The number of rotatable bonds is 3. The summed E-state index contributed by atoms with van der Waals surface area (Å²) in [6, 6.07) is 4.60. The zero-order valence-electron chi connectivity index (χ0n) is 7.74. The van der Waals surface area contributed by atoms with Crippen molar-refractivity contribution in [1.29, 1.82) is 0 Å². The van der Waals surface area contributed by atoms with Gasteiger partial charge in [-0.25, -0.2) is 0 Å². The van der Waals surface area contributed by atoms with Gasteiger partial charge in [-0.05, 0) is 18.2 Å². The Kier molecular flexibility index (Phi) is 3.68. The molecule has 3 N–H and O–H groups in total. The van der Waals surface area contributed by atoms with E-state index in [1.807, 2.05) is 0 Å². The fraction of sp³-hybridized carbons (Fsp3) is 0.333. The van der Waals surface area contributed by atoms with Gasteiger partial charge in [-0.15, -0.1) is 0 Å². The van der Waals surface area contributed by atoms with Crippen LogP contribution in [0.3, 0.4) is 0 Å². The molecule has 0 aromatic heterocycles. The monoisotopic (exact) mass is 238 g/mol. The topological polar surface area (TPSA) is 38.0 Å². The summed E-state index contributed by atoms with van der Waals surface area (Å²) in [5.41, 5.74) is 6.34. The summed E-state index contributed by atoms with van der Waals surface area (Å²) < 4.78 is 35.5. The van der Waals surface area contributed by atoms with Crippen LogP contribution in [0, 0.1) is 0 Å². The lowest BCUT2D eigenvalue weighted by Gasteiger charge is -2.10. The summed E-state index contributed by atoms with van der Waals surface area (Å²) in [6.45, 7) is -0.199. The zero-order chi connectivity index (χ0) is 11.5. The predicted molar refractivity (Wildman–Crippen MR) is 55.0 cm³/mol. The molecule has 0 amide bonds. The Labute approximate surface area is 90.2 Å². The van der Waals surface area contributed by atoms with Crippen molar-refractivity contribution >= 4 is 23.0 Å². The maximum absolute atomic E-state index is 11.8. The minimum atomic E-state index is -4.16. The number of hydrogen-bond acceptors (Lipinski definition) is 2. The fourth-order valence-electron chi connectivity index (χ4n) is 1.03. The van der Waals surface area contributed by atoms with E-state index in [0.717, 1.165) is 0 Å². The van der Waals surface area contributed by atoms with E-state index >= 15 is 0 Å². The lowest BCUT2D eigenvalue weighted by atomic mass is 10.2. The molecule has 0 saturated heterocycles. The van der Waals surface area contributed by atoms with Crippen LogP contribution in [0.1, 0.15) is 6.42 Å². The normalized spacial score (nSPS) is 11.5. The van der Waals surface area contributed by atoms with Crippen molar-refractivity contribution in [3.63, 3.8) is 0 Å². The first-order valence-electron chi connectivity index (χ1n) is 4.24. The van der Waals surface area contributed by atoms with Gasteiger partial charge >= 0.3 is 6.18 Å². The lowest BCUT2D eigenvalue weighted by molar-refractivity contribution is -0.131. The van der Waals surface area contributed by atoms with Crippen LogP contribution < -0.4 is 11.1 Å². The molecule has 0 saturated carbocycles. The third kappa shape index (κ3) is 4.29. The van der Waals surface area contributed by atoms with Crippen LogP contribution in [0.2, 0.25) is 5.02 Å². The van der Waals surface area contributed by atoms with Crippen molar-refractivity contribution in [3.8, 4) is 0 Å². The molecular formula is C9H10ClF3N2. The fourth-order valence-corrected chi connectivity index (χ4v) is 1.21. The number of anilines is 2. The highest BCUT2D eigenvalue weighted by Gasteiger charge is 2.26. The average molecular weight is 239 g/mol. The van der Waals surface area contributed by atoms with Crippen molar-refractivity contribution in [2.75, 3.05) is 17.6 Å². The summed E-state index contributed by atoms with van der Waals surface area (Å²) in [7, 11) is 0. The standard InChI is InChI=1S/C9H10ClF3N2/c10-6-1-2-8(7(14)5-6)15-4-3-9(11,12)13/h1-2,5,15H,3-4,14H2. The molecule has 0 aliphatic heterocycles. The number of nitrogens with one attached hydrogen (secondary N) is 1. The summed E-state index contributed by atoms with van der Waals surface area (Å²) in [6.07, 6.45) is -5.05. The van der Waals surface area contributed by atoms with Crippen molar-refractivity contribution in [2.24, 2.45) is 0 Å². The maximum Gasteiger partial charge on any atom is 0.390 e. The molecule has 1 rings (SSSR count). The van der Waals surface area contributed by atoms with Gasteiger partial charge in [-0.2, -0.15) is 13.2 Å². The van der Waals surface area contributed by atoms with Gasteiger partial charge in [0.05, 0.1) is 17.8 Å². The van der Waals surface area contributed by atoms with Gasteiger partial charge in [-0.1, -0.05) is 11.6 Å². The van der Waals surface area contributed by atoms with E-state index in [1.165, 1.54) is 6.07 Å². The first kappa shape index (κ1) is 12.0. The quantitative estimate of drug-likeness (QED) is 0.793. The number of nitrogens with two attached hydrogens (primary N) is 1. The highest BCUT2D eigenvalue weighted by atomic mass is 35.5. The lowest BCUT2D eigenvalue weighted by Crippen LogP contribution is -2.15. The third-order valence-corrected chi connectivity index (χ3v) is 1.97. The van der Waals surface area contributed by atoms with Crippen molar-refractivity contribution in [3.05, 3.63) is 23.2 Å². The second kappa shape index (κ2) is 4.61. The zero-order valence-corrected chi connectivity index (χ0v) is 8.49. The molecule has 0 aliphatic rings. The van der Waals surface area contributed by atoms with Crippen molar-refractivity contribution in [1.82, 2.24) is 0 Å². The molecule has 1 aromatic rings. The van der Waals surface area contributed by atoms with Gasteiger partial charge in [0.15, 0.2) is 0 Å². The maximum atomic E-state index is 11.8. The van der Waals surface area contributed by atoms with E-state index in [4.69, 9.17) is 17.3 Å². The number of benzene rings is 1. The van der Waals surface area contributed by atoms with E-state index in [9.17, 15) is 13.2 Å². The van der Waals surface area contributed by atoms with Crippen LogP contribution in [-0.2, 0) is 0 Å². The van der Waals surface area contributed by atoms with E-state index in [-0.39, 0.29) is 6.54 Å². The van der Waals surface area contributed by atoms with E-state index < -0.39 is 12.6 Å². The SMILES string of the molecule is Nc1cc(Cl)ccc1NCCC(F)(F)F. The molecule has 0 spiro atoms. The van der Waals surface area contributed by atoms with Crippen LogP contribution >= 0.6 is 11.6 Å². The molecule has 15 heavy (non-hydrogen) atoms. The second-order valence-electron chi connectivity index (χ2n) is 3.02. The minimum Gasteiger partial charge on any atom is -0.397 e. The van der Waals surface area contributed by atoms with Crippen LogP contribution in [0.4, 0.5) is 24.5 Å². The molecule has 0 bridgehead atoms. The van der Waals surface area contributed by atoms with E-state index in [2.05, 4.69) is 5.32 Å². The van der Waals surface area contributed by atoms with Crippen LogP contribution in [0.5, 0.6) is 0 Å². The molecule has 84 valence electrons. The first-order valence-corrected chi connectivity index (χ1v) is 4.62. The Hall–Kier alpha value is -1.10. The van der Waals surface area contributed by atoms with Crippen LogP contribution in [-0.4, -0.2) is 12.7 Å². The van der Waals surface area contributed by atoms with Crippen molar-refractivity contribution < 1.29 is 13.2 Å². The number of alkyl halides is 3. The molecular weight excluding hydrogens is 229 g/mol. The number of nitrogen functional groups attached to an aromatic ring is 1. The Morgan fingerprint density at radius 2 is 2.00 bits per heavy atom. The van der Waals surface area contributed by atoms with Gasteiger partial charge in [0, 0.05) is 11.6 Å². The third-order valence-electron chi connectivity index (χ3n) is 1.74. The molecule has 0 heterocycles. The molecule has 0 fully saturated rings. The average Bonchev–Trinajstić information content (AvgIpc) is 2.07. The Bertz CT molecular complexity index is 339. The Morgan fingerprint density at radius 3 is 2.53 bits per heavy atom. The number of halogens is 4. The van der Waals surface area contributed by atoms with Crippen LogP contribution in [0.15, 0.2) is 18.2 Å². The summed E-state index contributed by atoms with van der Waals surface area (Å²) in [5, 5.41) is 3.05. The van der Waals surface area contributed by atoms with Gasteiger partial charge in [0.2, 0.25) is 0 Å². The Balaban J connectivity index is 2.51. The highest BCUT2D eigenvalue weighted by Crippen LogP contribution is 2.24. The first-order chi connectivity index (χ1) is 6.88. The van der Waals surface area contributed by atoms with Gasteiger partial charge in [-0.3, -0.25) is 0 Å². The molecule has 6 heteroatoms. The molecule has 0 radical (unpaired) electrons. The van der Waals surface area contributed by atoms with Gasteiger partial charge < -0.3 is 11.1 Å². The van der Waals surface area contributed by atoms with Gasteiger partial charge in [0.1, 0.15) is 0 Å². The molecule has 0 atom stereocenters. The molecule has 0 aliphatic carbocycles. The second-order valence-corrected chi connectivity index (χ2v) is 3.46.